The highest BCUT2D eigenvalue weighted by molar-refractivity contribution is 6.30. The summed E-state index contributed by atoms with van der Waals surface area (Å²) in [6.45, 7) is 0.399. The number of aliphatic hydroxyl groups excluding tert-OH is 1. The van der Waals surface area contributed by atoms with Crippen LogP contribution in [0.25, 0.3) is 0 Å². The van der Waals surface area contributed by atoms with Crippen molar-refractivity contribution in [2.45, 2.75) is 18.9 Å². The standard InChI is InChI=1S/C20H22ClN5O2/c21-16-5-7-19(8-6-16)28-13-3-1-2-4-18(14-27)26-20(24-15-22)25-17-9-11-23-12-10-17/h2,4-12,18,27H,1,3,13-14H2,(H2,23,24,25,26)/b4-2-/t18-/m0/s1. The van der Waals surface area contributed by atoms with E-state index in [0.717, 1.165) is 24.3 Å². The summed E-state index contributed by atoms with van der Waals surface area (Å²) in [4.78, 5) is 8.26. The van der Waals surface area contributed by atoms with Crippen molar-refractivity contribution in [3.63, 3.8) is 0 Å². The number of rotatable bonds is 9. The lowest BCUT2D eigenvalue weighted by Gasteiger charge is -2.10. The molecule has 146 valence electrons. The molecule has 0 spiro atoms. The number of allylic oxidation sites excluding steroid dienone is 1. The monoisotopic (exact) mass is 399 g/mol. The lowest BCUT2D eigenvalue weighted by Crippen LogP contribution is -2.29. The highest BCUT2D eigenvalue weighted by atomic mass is 35.5. The van der Waals surface area contributed by atoms with Crippen LogP contribution in [0.3, 0.4) is 0 Å². The van der Waals surface area contributed by atoms with Crippen LogP contribution in [0.15, 0.2) is 65.9 Å². The van der Waals surface area contributed by atoms with Gasteiger partial charge in [0.25, 0.3) is 0 Å². The van der Waals surface area contributed by atoms with Gasteiger partial charge in [0.1, 0.15) is 5.75 Å². The van der Waals surface area contributed by atoms with Crippen molar-refractivity contribution in [3.8, 4) is 11.9 Å². The Labute approximate surface area is 169 Å². The average molecular weight is 400 g/mol. The molecule has 0 aliphatic carbocycles. The van der Waals surface area contributed by atoms with Crippen LogP contribution in [-0.2, 0) is 0 Å². The van der Waals surface area contributed by atoms with Gasteiger partial charge < -0.3 is 15.2 Å². The first kappa shape index (κ1) is 21.2. The highest BCUT2D eigenvalue weighted by Gasteiger charge is 2.05. The number of nitriles is 1. The molecule has 2 aromatic rings. The topological polar surface area (TPSA) is 103 Å². The zero-order valence-corrected chi connectivity index (χ0v) is 16.0. The molecule has 2 rings (SSSR count). The maximum Gasteiger partial charge on any atom is 0.209 e. The van der Waals surface area contributed by atoms with Gasteiger partial charge in [-0.25, -0.2) is 4.99 Å². The lowest BCUT2D eigenvalue weighted by molar-refractivity contribution is 0.284. The summed E-state index contributed by atoms with van der Waals surface area (Å²) in [5.74, 6) is 1.03. The van der Waals surface area contributed by atoms with Crippen LogP contribution in [0.4, 0.5) is 5.69 Å². The van der Waals surface area contributed by atoms with E-state index in [2.05, 4.69) is 20.6 Å². The Bertz CT molecular complexity index is 804. The normalized spacial score (nSPS) is 12.4. The molecule has 28 heavy (non-hydrogen) atoms. The molecule has 0 amide bonds. The zero-order valence-electron chi connectivity index (χ0n) is 15.3. The van der Waals surface area contributed by atoms with Gasteiger partial charge in [-0.1, -0.05) is 23.8 Å². The SMILES string of the molecule is N#CNC(=N[C@@H](/C=C\CCCOc1ccc(Cl)cc1)CO)Nc1ccncc1. The van der Waals surface area contributed by atoms with E-state index in [1.807, 2.05) is 24.4 Å². The first-order chi connectivity index (χ1) is 13.7. The number of aromatic nitrogens is 1. The van der Waals surface area contributed by atoms with Crippen molar-refractivity contribution in [1.29, 1.82) is 5.26 Å². The number of anilines is 1. The fraction of sp³-hybridized carbons (Fsp3) is 0.250. The number of aliphatic hydroxyl groups is 1. The van der Waals surface area contributed by atoms with Crippen LogP contribution in [0.2, 0.25) is 5.02 Å². The summed E-state index contributed by atoms with van der Waals surface area (Å²) in [7, 11) is 0. The minimum Gasteiger partial charge on any atom is -0.494 e. The third kappa shape index (κ3) is 8.08. The summed E-state index contributed by atoms with van der Waals surface area (Å²) in [5.41, 5.74) is 0.733. The Morgan fingerprint density at radius 3 is 2.71 bits per heavy atom. The number of ether oxygens (including phenoxy) is 1. The molecule has 0 bridgehead atoms. The van der Waals surface area contributed by atoms with Gasteiger partial charge in [0.2, 0.25) is 5.96 Å². The molecule has 0 aliphatic rings. The number of benzene rings is 1. The molecule has 0 unspecified atom stereocenters. The first-order valence-corrected chi connectivity index (χ1v) is 9.15. The van der Waals surface area contributed by atoms with Crippen molar-refractivity contribution in [2.75, 3.05) is 18.5 Å². The Balaban J connectivity index is 1.80. The number of nitrogens with zero attached hydrogens (tertiary/aromatic N) is 3. The van der Waals surface area contributed by atoms with E-state index < -0.39 is 6.04 Å². The molecule has 0 radical (unpaired) electrons. The molecule has 0 saturated carbocycles. The Morgan fingerprint density at radius 2 is 2.04 bits per heavy atom. The number of aliphatic imine (C=N–C) groups is 1. The van der Waals surface area contributed by atoms with Crippen molar-refractivity contribution in [3.05, 3.63) is 66.0 Å². The fourth-order valence-electron chi connectivity index (χ4n) is 2.21. The molecule has 0 aliphatic heterocycles. The van der Waals surface area contributed by atoms with E-state index in [1.165, 1.54) is 0 Å². The van der Waals surface area contributed by atoms with Crippen LogP contribution in [0.5, 0.6) is 5.75 Å². The highest BCUT2D eigenvalue weighted by Crippen LogP contribution is 2.15. The summed E-state index contributed by atoms with van der Waals surface area (Å²) < 4.78 is 5.63. The number of hydrogen-bond donors (Lipinski definition) is 3. The van der Waals surface area contributed by atoms with Gasteiger partial charge in [0.05, 0.1) is 19.3 Å². The van der Waals surface area contributed by atoms with Crippen molar-refractivity contribution in [2.24, 2.45) is 4.99 Å². The van der Waals surface area contributed by atoms with E-state index in [0.29, 0.717) is 11.6 Å². The summed E-state index contributed by atoms with van der Waals surface area (Å²) in [5, 5.41) is 24.6. The van der Waals surface area contributed by atoms with Crippen molar-refractivity contribution < 1.29 is 9.84 Å². The second-order valence-corrected chi connectivity index (χ2v) is 6.13. The van der Waals surface area contributed by atoms with Crippen molar-refractivity contribution >= 4 is 23.2 Å². The summed E-state index contributed by atoms with van der Waals surface area (Å²) in [6, 6.07) is 10.3. The van der Waals surface area contributed by atoms with Gasteiger partial charge in [0, 0.05) is 23.1 Å². The molecule has 1 aromatic heterocycles. The smallest absolute Gasteiger partial charge is 0.209 e. The van der Waals surface area contributed by atoms with E-state index in [1.54, 1.807) is 42.7 Å². The second-order valence-electron chi connectivity index (χ2n) is 5.70. The number of halogens is 1. The van der Waals surface area contributed by atoms with Gasteiger partial charge in [-0.2, -0.15) is 5.26 Å². The number of guanidine groups is 1. The molecule has 7 nitrogen and oxygen atoms in total. The average Bonchev–Trinajstić information content (AvgIpc) is 2.72. The number of nitrogens with one attached hydrogen (secondary N) is 2. The zero-order chi connectivity index (χ0) is 20.0. The Morgan fingerprint density at radius 1 is 1.29 bits per heavy atom. The molecule has 8 heteroatoms. The van der Waals surface area contributed by atoms with Crippen LogP contribution in [0.1, 0.15) is 12.8 Å². The quantitative estimate of drug-likeness (QED) is 0.149. The van der Waals surface area contributed by atoms with Gasteiger partial charge in [-0.3, -0.25) is 10.3 Å². The molecular weight excluding hydrogens is 378 g/mol. The minimum absolute atomic E-state index is 0.174. The van der Waals surface area contributed by atoms with Crippen molar-refractivity contribution in [1.82, 2.24) is 10.3 Å². The second kappa shape index (κ2) is 12.3. The lowest BCUT2D eigenvalue weighted by atomic mass is 10.2. The van der Waals surface area contributed by atoms with Crippen LogP contribution in [0, 0.1) is 11.5 Å². The van der Waals surface area contributed by atoms with Gasteiger partial charge in [-0.15, -0.1) is 0 Å². The fourth-order valence-corrected chi connectivity index (χ4v) is 2.33. The predicted octanol–water partition coefficient (Wildman–Crippen LogP) is 3.35. The van der Waals surface area contributed by atoms with E-state index >= 15 is 0 Å². The Kier molecular flexibility index (Phi) is 9.35. The number of unbranched alkanes of at least 4 members (excludes halogenated alkanes) is 1. The van der Waals surface area contributed by atoms with Crippen LogP contribution < -0.4 is 15.4 Å². The first-order valence-electron chi connectivity index (χ1n) is 8.77. The molecule has 1 heterocycles. The van der Waals surface area contributed by atoms with Crippen LogP contribution >= 0.6 is 11.6 Å². The van der Waals surface area contributed by atoms with E-state index in [-0.39, 0.29) is 12.6 Å². The summed E-state index contributed by atoms with van der Waals surface area (Å²) in [6.07, 6.45) is 10.4. The van der Waals surface area contributed by atoms with E-state index in [9.17, 15) is 5.11 Å². The number of pyridine rings is 1. The van der Waals surface area contributed by atoms with Gasteiger partial charge in [-0.05, 0) is 49.2 Å². The van der Waals surface area contributed by atoms with Gasteiger partial charge >= 0.3 is 0 Å². The minimum atomic E-state index is -0.470. The summed E-state index contributed by atoms with van der Waals surface area (Å²) >= 11 is 5.83. The molecular formula is C20H22ClN5O2. The van der Waals surface area contributed by atoms with Crippen LogP contribution in [-0.4, -0.2) is 35.3 Å². The molecule has 1 aromatic carbocycles. The molecule has 1 atom stereocenters. The maximum absolute atomic E-state index is 9.54. The Hall–Kier alpha value is -3.08. The third-order valence-corrected chi connectivity index (χ3v) is 3.81. The van der Waals surface area contributed by atoms with E-state index in [4.69, 9.17) is 21.6 Å². The molecule has 0 saturated heterocycles. The largest absolute Gasteiger partial charge is 0.494 e. The van der Waals surface area contributed by atoms with Gasteiger partial charge in [0.15, 0.2) is 6.19 Å². The molecule has 0 fully saturated rings. The third-order valence-electron chi connectivity index (χ3n) is 3.56. The maximum atomic E-state index is 9.54. The predicted molar refractivity (Wildman–Crippen MR) is 110 cm³/mol. The molecule has 3 N–H and O–H groups in total. The number of hydrogen-bond acceptors (Lipinski definition) is 5.